The zero-order chi connectivity index (χ0) is 45.8. The van der Waals surface area contributed by atoms with Gasteiger partial charge < -0.3 is 0 Å². The number of rotatable bonds is 8. The van der Waals surface area contributed by atoms with Crippen LogP contribution >= 0.6 is 17.0 Å². The third-order valence-electron chi connectivity index (χ3n) is 12.8. The van der Waals surface area contributed by atoms with E-state index in [1.807, 2.05) is 6.07 Å². The molecule has 1 heterocycles. The van der Waals surface area contributed by atoms with Crippen molar-refractivity contribution in [3.8, 4) is 55.6 Å². The van der Waals surface area contributed by atoms with Gasteiger partial charge in [0.15, 0.2) is 0 Å². The van der Waals surface area contributed by atoms with E-state index in [0.29, 0.717) is 11.8 Å². The molecule has 0 fully saturated rings. The quantitative estimate of drug-likeness (QED) is 0.105. The second-order valence-corrected chi connectivity index (χ2v) is 21.9. The van der Waals surface area contributed by atoms with Gasteiger partial charge in [0, 0.05) is 0 Å². The van der Waals surface area contributed by atoms with E-state index in [9.17, 15) is 0 Å². The first-order valence-electron chi connectivity index (χ1n) is 22.9. The predicted octanol–water partition coefficient (Wildman–Crippen LogP) is 17.3. The molecule has 0 aliphatic carbocycles. The standard InChI is InChI=1S/2C25H23.C12H7Si.2ClH.Zr/c2*1-3-18(2)22-13-7-8-14-23(22)24-15-9-12-20-16-21(17-25(20)24)19-10-5-4-6-11-19;1-3-7-11-9(5-1)10-6-2-4-8-12(10)13-11;;;/h2*4-18H,3H2,1-2H3;1-7H;2*1H;/q3*-1;;;+2/p-2. The van der Waals surface area contributed by atoms with E-state index in [-0.39, 0.29) is 0 Å². The molecular formula is C62H53Cl2SiZr-3. The summed E-state index contributed by atoms with van der Waals surface area (Å²) >= 11 is -0.826. The van der Waals surface area contributed by atoms with Gasteiger partial charge in [0.25, 0.3) is 0 Å². The summed E-state index contributed by atoms with van der Waals surface area (Å²) in [6, 6.07) is 79.8. The van der Waals surface area contributed by atoms with E-state index in [2.05, 4.69) is 240 Å². The number of hydrogen-bond donors (Lipinski definition) is 0. The summed E-state index contributed by atoms with van der Waals surface area (Å²) in [6.07, 6.45) is 2.31. The van der Waals surface area contributed by atoms with Gasteiger partial charge in [-0.15, -0.1) is 74.6 Å². The number of hydrogen-bond acceptors (Lipinski definition) is 0. The second kappa shape index (κ2) is 22.9. The van der Waals surface area contributed by atoms with Crippen LogP contribution in [0, 0.1) is 6.07 Å². The number of benzene rings is 8. The normalized spacial score (nSPS) is 12.0. The number of fused-ring (bicyclic) bond motifs is 5. The molecule has 326 valence electrons. The van der Waals surface area contributed by atoms with Crippen LogP contribution in [0.15, 0.2) is 212 Å². The Morgan fingerprint density at radius 2 is 0.879 bits per heavy atom. The van der Waals surface area contributed by atoms with Gasteiger partial charge in [0.2, 0.25) is 0 Å². The van der Waals surface area contributed by atoms with Crippen molar-refractivity contribution in [2.24, 2.45) is 0 Å². The van der Waals surface area contributed by atoms with Crippen LogP contribution < -0.4 is 10.4 Å². The molecule has 0 amide bonds. The van der Waals surface area contributed by atoms with Crippen LogP contribution in [0.1, 0.15) is 63.5 Å². The van der Waals surface area contributed by atoms with Gasteiger partial charge in [0.1, 0.15) is 0 Å². The smallest absolute Gasteiger partial charge is 0.0920 e. The molecule has 2 atom stereocenters. The minimum Gasteiger partial charge on any atom is -0.184 e. The average Bonchev–Trinajstić information content (AvgIpc) is 4.13. The molecule has 4 heteroatoms. The Morgan fingerprint density at radius 3 is 1.36 bits per heavy atom. The fourth-order valence-electron chi connectivity index (χ4n) is 9.04. The molecule has 10 aromatic carbocycles. The van der Waals surface area contributed by atoms with Crippen molar-refractivity contribution in [1.82, 2.24) is 0 Å². The van der Waals surface area contributed by atoms with Gasteiger partial charge in [0.05, 0.1) is 9.52 Å². The molecule has 1 aliphatic heterocycles. The first-order valence-corrected chi connectivity index (χ1v) is 30.3. The maximum atomic E-state index is 4.93. The Labute approximate surface area is 413 Å². The predicted molar refractivity (Wildman–Crippen MR) is 286 cm³/mol. The van der Waals surface area contributed by atoms with Crippen molar-refractivity contribution in [2.45, 2.75) is 52.4 Å². The van der Waals surface area contributed by atoms with Crippen molar-refractivity contribution in [1.29, 1.82) is 0 Å². The Kier molecular flexibility index (Phi) is 16.4. The SMILES string of the molecule is CCC(C)c1ccccc1-c1cccc2[cH-]c(-c3ccccc3)cc12.CCC(C)c1ccccc1-c1cccc2[cH-]c(-c3ccccc3)cc12.[Cl][Zr][Cl].[c-]1cccc2c1[Si]c1ccccc1-2. The summed E-state index contributed by atoms with van der Waals surface area (Å²) in [6.45, 7) is 9.16. The third-order valence-corrected chi connectivity index (χ3v) is 14.2. The van der Waals surface area contributed by atoms with Crippen molar-refractivity contribution in [3.05, 3.63) is 230 Å². The zero-order valence-electron chi connectivity index (χ0n) is 38.0. The fraction of sp³-hybridized carbons (Fsp3) is 0.129. The summed E-state index contributed by atoms with van der Waals surface area (Å²) in [7, 11) is 10.7. The van der Waals surface area contributed by atoms with Gasteiger partial charge >= 0.3 is 37.9 Å². The minimum absolute atomic E-state index is 0.565. The van der Waals surface area contributed by atoms with Crippen LogP contribution in [-0.2, 0) is 20.8 Å². The molecule has 0 nitrogen and oxygen atoms in total. The molecule has 0 saturated carbocycles. The summed E-state index contributed by atoms with van der Waals surface area (Å²) < 4.78 is 0. The van der Waals surface area contributed by atoms with E-state index in [4.69, 9.17) is 17.0 Å². The van der Waals surface area contributed by atoms with E-state index in [0.717, 1.165) is 22.4 Å². The van der Waals surface area contributed by atoms with E-state index < -0.39 is 20.8 Å². The molecule has 2 unspecified atom stereocenters. The van der Waals surface area contributed by atoms with Crippen molar-refractivity contribution >= 4 is 58.5 Å². The van der Waals surface area contributed by atoms with Gasteiger partial charge in [-0.05, 0) is 46.9 Å². The molecule has 10 aromatic rings. The largest absolute Gasteiger partial charge is 0.184 e. The maximum Gasteiger partial charge on any atom is 0.0920 e. The van der Waals surface area contributed by atoms with Crippen molar-refractivity contribution < 1.29 is 20.8 Å². The van der Waals surface area contributed by atoms with Crippen molar-refractivity contribution in [2.75, 3.05) is 0 Å². The van der Waals surface area contributed by atoms with Gasteiger partial charge in [-0.1, -0.05) is 218 Å². The van der Waals surface area contributed by atoms with Crippen molar-refractivity contribution in [3.63, 3.8) is 0 Å². The fourth-order valence-corrected chi connectivity index (χ4v) is 10.4. The first kappa shape index (κ1) is 47.2. The molecule has 2 radical (unpaired) electrons. The molecule has 0 N–H and O–H groups in total. The second-order valence-electron chi connectivity index (χ2n) is 16.8. The first-order chi connectivity index (χ1) is 32.4. The Bertz CT molecular complexity index is 2920. The molecule has 11 rings (SSSR count). The van der Waals surface area contributed by atoms with Crippen LogP contribution in [-0.4, -0.2) is 9.52 Å². The summed E-state index contributed by atoms with van der Waals surface area (Å²) in [5.74, 6) is 1.13. The van der Waals surface area contributed by atoms with Crippen LogP contribution in [0.25, 0.3) is 77.2 Å². The van der Waals surface area contributed by atoms with Gasteiger partial charge in [-0.2, -0.15) is 29.5 Å². The minimum atomic E-state index is -0.826. The molecule has 0 bridgehead atoms. The zero-order valence-corrected chi connectivity index (χ0v) is 43.0. The van der Waals surface area contributed by atoms with Crippen LogP contribution in [0.3, 0.4) is 0 Å². The Balaban J connectivity index is 0.000000136. The summed E-state index contributed by atoms with van der Waals surface area (Å²) in [5.41, 5.74) is 16.2. The van der Waals surface area contributed by atoms with Crippen LogP contribution in [0.5, 0.6) is 0 Å². The Morgan fingerprint density at radius 1 is 0.470 bits per heavy atom. The molecule has 1 aliphatic rings. The monoisotopic (exact) mass is 985 g/mol. The topological polar surface area (TPSA) is 0 Å². The van der Waals surface area contributed by atoms with Crippen LogP contribution in [0.4, 0.5) is 0 Å². The van der Waals surface area contributed by atoms with E-state index in [1.54, 1.807) is 0 Å². The third kappa shape index (κ3) is 10.8. The van der Waals surface area contributed by atoms with Crippen LogP contribution in [0.2, 0.25) is 0 Å². The number of halogens is 2. The maximum absolute atomic E-state index is 4.93. The van der Waals surface area contributed by atoms with E-state index >= 15 is 0 Å². The Hall–Kier alpha value is -5.34. The van der Waals surface area contributed by atoms with Gasteiger partial charge in [-0.3, -0.25) is 0 Å². The molecule has 66 heavy (non-hydrogen) atoms. The molecule has 0 spiro atoms. The summed E-state index contributed by atoms with van der Waals surface area (Å²) in [5, 5.41) is 8.14. The van der Waals surface area contributed by atoms with E-state index in [1.165, 1.54) is 98.7 Å². The van der Waals surface area contributed by atoms with Gasteiger partial charge in [-0.25, -0.2) is 0 Å². The molecule has 0 aromatic heterocycles. The average molecular weight is 988 g/mol. The molecular weight excluding hydrogens is 935 g/mol. The molecule has 0 saturated heterocycles. The summed E-state index contributed by atoms with van der Waals surface area (Å²) in [4.78, 5) is 0.